The second-order valence-corrected chi connectivity index (χ2v) is 7.69. The quantitative estimate of drug-likeness (QED) is 0.566. The Labute approximate surface area is 173 Å². The molecule has 0 spiro atoms. The molecular formula is C24H29N3O2. The summed E-state index contributed by atoms with van der Waals surface area (Å²) in [6.07, 6.45) is 7.97. The van der Waals surface area contributed by atoms with Gasteiger partial charge in [0, 0.05) is 24.0 Å². The van der Waals surface area contributed by atoms with Gasteiger partial charge in [-0.25, -0.2) is 0 Å². The van der Waals surface area contributed by atoms with E-state index in [-0.39, 0.29) is 11.5 Å². The maximum atomic E-state index is 12.5. The van der Waals surface area contributed by atoms with Crippen molar-refractivity contribution in [3.05, 3.63) is 58.4 Å². The summed E-state index contributed by atoms with van der Waals surface area (Å²) in [7, 11) is 1.62. The molecule has 0 radical (unpaired) electrons. The van der Waals surface area contributed by atoms with Crippen molar-refractivity contribution in [2.45, 2.75) is 58.5 Å². The van der Waals surface area contributed by atoms with Gasteiger partial charge in [0.05, 0.1) is 7.11 Å². The Hall–Kier alpha value is -3.00. The number of amides is 1. The van der Waals surface area contributed by atoms with Crippen LogP contribution in [0.4, 0.5) is 0 Å². The molecule has 1 heterocycles. The Bertz CT molecular complexity index is 926. The highest BCUT2D eigenvalue weighted by Gasteiger charge is 2.20. The summed E-state index contributed by atoms with van der Waals surface area (Å²) in [4.78, 5) is 12.5. The zero-order chi connectivity index (χ0) is 20.8. The van der Waals surface area contributed by atoms with E-state index in [9.17, 15) is 10.1 Å². The Morgan fingerprint density at radius 1 is 1.24 bits per heavy atom. The van der Waals surface area contributed by atoms with E-state index in [1.165, 1.54) is 37.8 Å². The van der Waals surface area contributed by atoms with Gasteiger partial charge >= 0.3 is 0 Å². The summed E-state index contributed by atoms with van der Waals surface area (Å²) in [5.74, 6) is 0.414. The van der Waals surface area contributed by atoms with Gasteiger partial charge in [-0.05, 0) is 62.1 Å². The molecule has 0 saturated heterocycles. The van der Waals surface area contributed by atoms with Crippen molar-refractivity contribution in [3.63, 3.8) is 0 Å². The number of carbonyl (C=O) groups excluding carboxylic acids is 1. The van der Waals surface area contributed by atoms with Crippen molar-refractivity contribution in [2.24, 2.45) is 0 Å². The minimum atomic E-state index is -0.356. The Morgan fingerprint density at radius 2 is 1.93 bits per heavy atom. The van der Waals surface area contributed by atoms with Crippen LogP contribution >= 0.6 is 0 Å². The Morgan fingerprint density at radius 3 is 2.55 bits per heavy atom. The summed E-state index contributed by atoms with van der Waals surface area (Å²) in [5, 5.41) is 12.4. The van der Waals surface area contributed by atoms with E-state index in [1.54, 1.807) is 13.2 Å². The van der Waals surface area contributed by atoms with Crippen LogP contribution in [0.3, 0.4) is 0 Å². The third kappa shape index (κ3) is 4.89. The first kappa shape index (κ1) is 20.7. The highest BCUT2D eigenvalue weighted by Crippen LogP contribution is 2.32. The van der Waals surface area contributed by atoms with Crippen molar-refractivity contribution < 1.29 is 9.53 Å². The monoisotopic (exact) mass is 391 g/mol. The van der Waals surface area contributed by atoms with Gasteiger partial charge in [0.2, 0.25) is 0 Å². The highest BCUT2D eigenvalue weighted by atomic mass is 16.5. The number of hydrogen-bond donors (Lipinski definition) is 1. The third-order valence-corrected chi connectivity index (χ3v) is 5.74. The highest BCUT2D eigenvalue weighted by molar-refractivity contribution is 6.01. The SMILES string of the molecule is COc1ccc(CNC(=O)/C(C#N)=C\c2cc(C)n(C3CCCCC3)c2C)cc1. The summed E-state index contributed by atoms with van der Waals surface area (Å²) < 4.78 is 7.53. The van der Waals surface area contributed by atoms with Gasteiger partial charge in [-0.1, -0.05) is 31.4 Å². The molecule has 152 valence electrons. The predicted molar refractivity (Wildman–Crippen MR) is 114 cm³/mol. The van der Waals surface area contributed by atoms with Crippen LogP contribution in [-0.2, 0) is 11.3 Å². The van der Waals surface area contributed by atoms with E-state index in [1.807, 2.05) is 24.3 Å². The lowest BCUT2D eigenvalue weighted by Gasteiger charge is -2.26. The zero-order valence-corrected chi connectivity index (χ0v) is 17.5. The summed E-state index contributed by atoms with van der Waals surface area (Å²) in [6.45, 7) is 4.55. The summed E-state index contributed by atoms with van der Waals surface area (Å²) in [5.41, 5.74) is 4.35. The average molecular weight is 392 g/mol. The predicted octanol–water partition coefficient (Wildman–Crippen LogP) is 4.84. The number of aryl methyl sites for hydroxylation is 1. The smallest absolute Gasteiger partial charge is 0.262 e. The van der Waals surface area contributed by atoms with Crippen LogP contribution in [0.25, 0.3) is 6.08 Å². The van der Waals surface area contributed by atoms with Gasteiger partial charge < -0.3 is 14.6 Å². The van der Waals surface area contributed by atoms with Crippen molar-refractivity contribution in [1.82, 2.24) is 9.88 Å². The topological polar surface area (TPSA) is 67.0 Å². The molecule has 0 bridgehead atoms. The third-order valence-electron chi connectivity index (χ3n) is 5.74. The number of nitriles is 1. The normalized spacial score (nSPS) is 15.0. The van der Waals surface area contributed by atoms with Gasteiger partial charge in [-0.3, -0.25) is 4.79 Å². The minimum absolute atomic E-state index is 0.127. The molecule has 1 amide bonds. The van der Waals surface area contributed by atoms with Crippen LogP contribution in [-0.4, -0.2) is 17.6 Å². The van der Waals surface area contributed by atoms with Crippen LogP contribution in [0, 0.1) is 25.2 Å². The maximum Gasteiger partial charge on any atom is 0.262 e. The number of benzene rings is 1. The van der Waals surface area contributed by atoms with Crippen LogP contribution in [0.2, 0.25) is 0 Å². The molecule has 1 N–H and O–H groups in total. The Kier molecular flexibility index (Phi) is 6.77. The molecule has 2 aromatic rings. The van der Waals surface area contributed by atoms with Gasteiger partial charge in [-0.15, -0.1) is 0 Å². The van der Waals surface area contributed by atoms with Crippen molar-refractivity contribution in [3.8, 4) is 11.8 Å². The van der Waals surface area contributed by atoms with Crippen molar-refractivity contribution >= 4 is 12.0 Å². The minimum Gasteiger partial charge on any atom is -0.497 e. The molecular weight excluding hydrogens is 362 g/mol. The van der Waals surface area contributed by atoms with E-state index in [2.05, 4.69) is 35.9 Å². The fourth-order valence-corrected chi connectivity index (χ4v) is 4.17. The maximum absolute atomic E-state index is 12.5. The van der Waals surface area contributed by atoms with E-state index < -0.39 is 0 Å². The first-order valence-corrected chi connectivity index (χ1v) is 10.2. The second kappa shape index (κ2) is 9.47. The molecule has 0 unspecified atom stereocenters. The van der Waals surface area contributed by atoms with Crippen molar-refractivity contribution in [2.75, 3.05) is 7.11 Å². The number of aromatic nitrogens is 1. The first-order valence-electron chi connectivity index (χ1n) is 10.2. The molecule has 5 heteroatoms. The largest absolute Gasteiger partial charge is 0.497 e. The van der Waals surface area contributed by atoms with E-state index in [0.29, 0.717) is 12.6 Å². The number of carbonyl (C=O) groups is 1. The van der Waals surface area contributed by atoms with Crippen LogP contribution in [0.15, 0.2) is 35.9 Å². The molecule has 3 rings (SSSR count). The molecule has 1 aliphatic carbocycles. The molecule has 1 saturated carbocycles. The molecule has 1 aromatic carbocycles. The summed E-state index contributed by atoms with van der Waals surface area (Å²) >= 11 is 0. The zero-order valence-electron chi connectivity index (χ0n) is 17.5. The first-order chi connectivity index (χ1) is 14.0. The number of hydrogen-bond acceptors (Lipinski definition) is 3. The number of rotatable bonds is 6. The lowest BCUT2D eigenvalue weighted by Crippen LogP contribution is -2.23. The van der Waals surface area contributed by atoms with E-state index >= 15 is 0 Å². The molecule has 1 aromatic heterocycles. The van der Waals surface area contributed by atoms with Crippen LogP contribution < -0.4 is 10.1 Å². The lowest BCUT2D eigenvalue weighted by atomic mass is 9.95. The fourth-order valence-electron chi connectivity index (χ4n) is 4.17. The molecule has 29 heavy (non-hydrogen) atoms. The summed E-state index contributed by atoms with van der Waals surface area (Å²) in [6, 6.07) is 12.2. The fraction of sp³-hybridized carbons (Fsp3) is 0.417. The standard InChI is InChI=1S/C24H29N3O2/c1-17-13-20(18(2)27(17)22-7-5-4-6-8-22)14-21(15-25)24(28)26-16-19-9-11-23(29-3)12-10-19/h9-14,22H,4-8,16H2,1-3H3,(H,26,28)/b21-14-. The van der Waals surface area contributed by atoms with Gasteiger partial charge in [-0.2, -0.15) is 5.26 Å². The number of nitrogens with zero attached hydrogens (tertiary/aromatic N) is 2. The van der Waals surface area contributed by atoms with E-state index in [4.69, 9.17) is 4.74 Å². The van der Waals surface area contributed by atoms with Crippen LogP contribution in [0.1, 0.15) is 60.7 Å². The number of methoxy groups -OCH3 is 1. The van der Waals surface area contributed by atoms with Crippen LogP contribution in [0.5, 0.6) is 5.75 Å². The van der Waals surface area contributed by atoms with E-state index in [0.717, 1.165) is 22.6 Å². The second-order valence-electron chi connectivity index (χ2n) is 7.69. The van der Waals surface area contributed by atoms with Crippen molar-refractivity contribution in [1.29, 1.82) is 5.26 Å². The lowest BCUT2D eigenvalue weighted by molar-refractivity contribution is -0.117. The molecule has 1 aliphatic rings. The number of ether oxygens (including phenoxy) is 1. The Balaban J connectivity index is 1.73. The molecule has 5 nitrogen and oxygen atoms in total. The molecule has 1 fully saturated rings. The van der Waals surface area contributed by atoms with Gasteiger partial charge in [0.25, 0.3) is 5.91 Å². The number of nitrogens with one attached hydrogen (secondary N) is 1. The molecule has 0 atom stereocenters. The van der Waals surface area contributed by atoms with Gasteiger partial charge in [0.1, 0.15) is 17.4 Å². The average Bonchev–Trinajstić information content (AvgIpc) is 3.04. The molecule has 0 aliphatic heterocycles. The van der Waals surface area contributed by atoms with Gasteiger partial charge in [0.15, 0.2) is 0 Å².